The van der Waals surface area contributed by atoms with Gasteiger partial charge in [0.05, 0.1) is 12.2 Å². The summed E-state index contributed by atoms with van der Waals surface area (Å²) in [5, 5.41) is 3.39. The molecule has 0 radical (unpaired) electrons. The summed E-state index contributed by atoms with van der Waals surface area (Å²) in [7, 11) is 2.17. The highest BCUT2D eigenvalue weighted by atomic mass is 19.1. The normalized spacial score (nSPS) is 20.8. The minimum atomic E-state index is -0.406. The van der Waals surface area contributed by atoms with Crippen LogP contribution in [0.1, 0.15) is 13.8 Å². The highest BCUT2D eigenvalue weighted by molar-refractivity contribution is 5.80. The van der Waals surface area contributed by atoms with Crippen LogP contribution in [0.3, 0.4) is 0 Å². The summed E-state index contributed by atoms with van der Waals surface area (Å²) in [6.45, 7) is 13.0. The number of benzene rings is 1. The molecule has 2 fully saturated rings. The molecule has 2 aliphatic heterocycles. The van der Waals surface area contributed by atoms with Gasteiger partial charge in [-0.05, 0) is 33.0 Å². The van der Waals surface area contributed by atoms with Crippen molar-refractivity contribution in [3.05, 3.63) is 29.8 Å². The van der Waals surface area contributed by atoms with E-state index >= 15 is 0 Å². The second-order valence-corrected chi connectivity index (χ2v) is 7.95. The van der Waals surface area contributed by atoms with Crippen LogP contribution in [0.15, 0.2) is 23.2 Å². The van der Waals surface area contributed by atoms with Gasteiger partial charge in [0, 0.05) is 71.0 Å². The Balaban J connectivity index is 1.57. The highest BCUT2D eigenvalue weighted by Crippen LogP contribution is 2.22. The van der Waals surface area contributed by atoms with Crippen LogP contribution in [-0.4, -0.2) is 99.2 Å². The molecule has 2 aliphatic rings. The van der Waals surface area contributed by atoms with Crippen molar-refractivity contribution in [1.29, 1.82) is 0 Å². The zero-order valence-electron chi connectivity index (χ0n) is 17.9. The zero-order chi connectivity index (χ0) is 20.8. The van der Waals surface area contributed by atoms with Crippen molar-refractivity contribution in [1.82, 2.24) is 20.0 Å². The smallest absolute Gasteiger partial charge is 0.194 e. The average Bonchev–Trinajstić information content (AvgIpc) is 2.73. The lowest BCUT2D eigenvalue weighted by molar-refractivity contribution is 0.122. The van der Waals surface area contributed by atoms with Crippen LogP contribution in [-0.2, 0) is 0 Å². The fourth-order valence-corrected chi connectivity index (χ4v) is 3.91. The van der Waals surface area contributed by atoms with Gasteiger partial charge in [0.1, 0.15) is 11.6 Å². The number of nitrogens with one attached hydrogen (secondary N) is 1. The molecule has 1 atom stereocenters. The first kappa shape index (κ1) is 21.8. The third kappa shape index (κ3) is 5.79. The summed E-state index contributed by atoms with van der Waals surface area (Å²) in [4.78, 5) is 13.9. The van der Waals surface area contributed by atoms with Gasteiger partial charge in [-0.1, -0.05) is 0 Å². The van der Waals surface area contributed by atoms with E-state index in [-0.39, 0.29) is 5.82 Å². The molecule has 0 spiro atoms. The number of anilines is 1. The number of rotatable bonds is 5. The molecule has 0 bridgehead atoms. The van der Waals surface area contributed by atoms with Crippen LogP contribution in [0.4, 0.5) is 14.5 Å². The molecule has 1 aromatic rings. The van der Waals surface area contributed by atoms with Crippen molar-refractivity contribution in [3.8, 4) is 0 Å². The number of piperazine rings is 2. The maximum atomic E-state index is 14.1. The van der Waals surface area contributed by atoms with E-state index in [4.69, 9.17) is 4.99 Å². The summed E-state index contributed by atoms with van der Waals surface area (Å²) in [6, 6.07) is 4.04. The lowest BCUT2D eigenvalue weighted by atomic mass is 10.2. The number of halogens is 2. The summed E-state index contributed by atoms with van der Waals surface area (Å²) in [6.07, 6.45) is 0. The third-order valence-corrected chi connectivity index (χ3v) is 5.83. The van der Waals surface area contributed by atoms with Gasteiger partial charge in [0.25, 0.3) is 0 Å². The van der Waals surface area contributed by atoms with E-state index in [0.717, 1.165) is 64.4 Å². The molecular formula is C21H34F2N6. The second-order valence-electron chi connectivity index (χ2n) is 7.95. The lowest BCUT2D eigenvalue weighted by Crippen LogP contribution is -2.53. The van der Waals surface area contributed by atoms with Crippen LogP contribution in [0, 0.1) is 11.6 Å². The van der Waals surface area contributed by atoms with Crippen LogP contribution >= 0.6 is 0 Å². The summed E-state index contributed by atoms with van der Waals surface area (Å²) in [5.41, 5.74) is 0.343. The van der Waals surface area contributed by atoms with Crippen molar-refractivity contribution in [3.63, 3.8) is 0 Å². The first-order chi connectivity index (χ1) is 14.0. The Morgan fingerprint density at radius 1 is 1.07 bits per heavy atom. The fraction of sp³-hybridized carbons (Fsp3) is 0.667. The van der Waals surface area contributed by atoms with Crippen LogP contribution < -0.4 is 10.2 Å². The van der Waals surface area contributed by atoms with Crippen molar-refractivity contribution in [2.24, 2.45) is 4.99 Å². The molecular weight excluding hydrogens is 374 g/mol. The fourth-order valence-electron chi connectivity index (χ4n) is 3.91. The van der Waals surface area contributed by atoms with E-state index in [1.165, 1.54) is 12.1 Å². The number of nitrogens with zero attached hydrogens (tertiary/aromatic N) is 5. The summed E-state index contributed by atoms with van der Waals surface area (Å²) in [5.74, 6) is 0.130. The van der Waals surface area contributed by atoms with Crippen molar-refractivity contribution < 1.29 is 8.78 Å². The Hall–Kier alpha value is -1.93. The molecule has 1 unspecified atom stereocenters. The maximum absolute atomic E-state index is 14.1. The highest BCUT2D eigenvalue weighted by Gasteiger charge is 2.23. The van der Waals surface area contributed by atoms with Gasteiger partial charge in [0.15, 0.2) is 5.96 Å². The quantitative estimate of drug-likeness (QED) is 0.593. The molecule has 0 amide bonds. The van der Waals surface area contributed by atoms with Crippen LogP contribution in [0.25, 0.3) is 0 Å². The minimum absolute atomic E-state index is 0.343. The Bertz CT molecular complexity index is 682. The van der Waals surface area contributed by atoms with Gasteiger partial charge in [0.2, 0.25) is 0 Å². The van der Waals surface area contributed by atoms with Gasteiger partial charge in [-0.3, -0.25) is 9.89 Å². The predicted octanol–water partition coefficient (Wildman–Crippen LogP) is 1.69. The summed E-state index contributed by atoms with van der Waals surface area (Å²) < 4.78 is 27.6. The monoisotopic (exact) mass is 408 g/mol. The van der Waals surface area contributed by atoms with Gasteiger partial charge in [-0.25, -0.2) is 8.78 Å². The van der Waals surface area contributed by atoms with Crippen LogP contribution in [0.5, 0.6) is 0 Å². The van der Waals surface area contributed by atoms with Crippen molar-refractivity contribution in [2.75, 3.05) is 77.4 Å². The number of likely N-dealkylation sites (N-methyl/N-ethyl adjacent to an activating group) is 1. The SMILES string of the molecule is CCNC(=NCC(C)N1CCN(C)CC1)N1CCN(c2cc(F)ccc2F)CC1. The maximum Gasteiger partial charge on any atom is 0.194 e. The predicted molar refractivity (Wildman–Crippen MR) is 115 cm³/mol. The third-order valence-electron chi connectivity index (χ3n) is 5.83. The first-order valence-electron chi connectivity index (χ1n) is 10.6. The molecule has 0 aliphatic carbocycles. The minimum Gasteiger partial charge on any atom is -0.366 e. The zero-order valence-corrected chi connectivity index (χ0v) is 17.9. The molecule has 1 aromatic carbocycles. The van der Waals surface area contributed by atoms with Gasteiger partial charge in [-0.2, -0.15) is 0 Å². The van der Waals surface area contributed by atoms with Crippen molar-refractivity contribution in [2.45, 2.75) is 19.9 Å². The molecule has 3 rings (SSSR count). The molecule has 8 heteroatoms. The standard InChI is InChI=1S/C21H34F2N6/c1-4-24-21(25-16-17(2)27-9-7-26(3)8-10-27)29-13-11-28(12-14-29)20-15-18(22)5-6-19(20)23/h5-6,15,17H,4,7-14,16H2,1-3H3,(H,24,25). The number of guanidine groups is 1. The summed E-state index contributed by atoms with van der Waals surface area (Å²) >= 11 is 0. The van der Waals surface area contributed by atoms with E-state index in [2.05, 4.69) is 40.9 Å². The molecule has 162 valence electrons. The Morgan fingerprint density at radius 3 is 2.41 bits per heavy atom. The molecule has 0 aromatic heterocycles. The number of aliphatic imine (C=N–C) groups is 1. The molecule has 1 N–H and O–H groups in total. The topological polar surface area (TPSA) is 37.4 Å². The Morgan fingerprint density at radius 2 is 1.76 bits per heavy atom. The van der Waals surface area contributed by atoms with E-state index < -0.39 is 5.82 Å². The van der Waals surface area contributed by atoms with Crippen LogP contribution in [0.2, 0.25) is 0 Å². The second kappa shape index (κ2) is 10.2. The van der Waals surface area contributed by atoms with E-state index in [1.54, 1.807) is 0 Å². The van der Waals surface area contributed by atoms with Gasteiger partial charge >= 0.3 is 0 Å². The first-order valence-corrected chi connectivity index (χ1v) is 10.6. The molecule has 2 saturated heterocycles. The number of hydrogen-bond donors (Lipinski definition) is 1. The van der Waals surface area contributed by atoms with Crippen molar-refractivity contribution >= 4 is 11.6 Å². The van der Waals surface area contributed by atoms with E-state index in [9.17, 15) is 8.78 Å². The number of hydrogen-bond acceptors (Lipinski definition) is 4. The molecule has 2 heterocycles. The average molecular weight is 409 g/mol. The largest absolute Gasteiger partial charge is 0.366 e. The Kier molecular flexibility index (Phi) is 7.66. The van der Waals surface area contributed by atoms with Gasteiger partial charge < -0.3 is 20.0 Å². The molecule has 6 nitrogen and oxygen atoms in total. The molecule has 29 heavy (non-hydrogen) atoms. The van der Waals surface area contributed by atoms with E-state index in [1.807, 2.05) is 4.90 Å². The van der Waals surface area contributed by atoms with Gasteiger partial charge in [-0.15, -0.1) is 0 Å². The Labute approximate surface area is 173 Å². The molecule has 0 saturated carbocycles. The van der Waals surface area contributed by atoms with E-state index in [0.29, 0.717) is 24.8 Å². The lowest BCUT2D eigenvalue weighted by Gasteiger charge is -2.38.